The molecule has 5 heteroatoms. The van der Waals surface area contributed by atoms with Crippen LogP contribution in [0.25, 0.3) is 0 Å². The van der Waals surface area contributed by atoms with Gasteiger partial charge in [0.2, 0.25) is 0 Å². The Bertz CT molecular complexity index is 265. The number of likely N-dealkylation sites (N-methyl/N-ethyl adjacent to an activating group) is 1. The average Bonchev–Trinajstić information content (AvgIpc) is 2.08. The highest BCUT2D eigenvalue weighted by Crippen LogP contribution is 2.41. The lowest BCUT2D eigenvalue weighted by atomic mass is 9.78. The number of hydrogen-bond donors (Lipinski definition) is 1. The van der Waals surface area contributed by atoms with Crippen LogP contribution in [0.4, 0.5) is 0 Å². The van der Waals surface area contributed by atoms with Crippen LogP contribution in [0.2, 0.25) is 0 Å². The van der Waals surface area contributed by atoms with Gasteiger partial charge in [-0.25, -0.2) is 0 Å². The molecule has 15 heavy (non-hydrogen) atoms. The van der Waals surface area contributed by atoms with Gasteiger partial charge in [-0.1, -0.05) is 0 Å². The lowest BCUT2D eigenvalue weighted by Crippen LogP contribution is -2.62. The quantitative estimate of drug-likeness (QED) is 0.745. The maximum absolute atomic E-state index is 10.7. The van der Waals surface area contributed by atoms with Crippen molar-refractivity contribution in [3.63, 3.8) is 0 Å². The van der Waals surface area contributed by atoms with Crippen molar-refractivity contribution in [2.45, 2.75) is 57.7 Å². The molecule has 0 radical (unpaired) electrons. The van der Waals surface area contributed by atoms with Gasteiger partial charge in [0.15, 0.2) is 0 Å². The minimum Gasteiger partial charge on any atom is -0.293 e. The molecule has 1 rings (SSSR count). The Morgan fingerprint density at radius 3 is 2.40 bits per heavy atom. The zero-order chi connectivity index (χ0) is 11.9. The summed E-state index contributed by atoms with van der Waals surface area (Å²) < 4.78 is 15.8. The van der Waals surface area contributed by atoms with Crippen LogP contribution in [0.5, 0.6) is 0 Å². The third-order valence-electron chi connectivity index (χ3n) is 3.80. The van der Waals surface area contributed by atoms with E-state index in [4.69, 9.17) is 9.42 Å². The molecule has 1 heterocycles. The van der Waals surface area contributed by atoms with Crippen LogP contribution in [0.15, 0.2) is 0 Å². The molecule has 0 bridgehead atoms. The molecule has 0 saturated carbocycles. The highest BCUT2D eigenvalue weighted by atomic mass is 31.1. The summed E-state index contributed by atoms with van der Waals surface area (Å²) in [5.41, 5.74) is -0.0973. The van der Waals surface area contributed by atoms with Crippen LogP contribution in [0.1, 0.15) is 40.5 Å². The zero-order valence-corrected chi connectivity index (χ0v) is 11.0. The van der Waals surface area contributed by atoms with Gasteiger partial charge in [0.05, 0.1) is 0 Å². The molecule has 0 amide bonds. The number of nitrogens with zero attached hydrogens (tertiary/aromatic N) is 1. The maximum atomic E-state index is 10.7. The van der Waals surface area contributed by atoms with Gasteiger partial charge in [-0.3, -0.25) is 4.90 Å². The lowest BCUT2D eigenvalue weighted by Gasteiger charge is -2.52. The molecule has 2 unspecified atom stereocenters. The van der Waals surface area contributed by atoms with Crippen molar-refractivity contribution in [2.75, 3.05) is 7.05 Å². The SMILES string of the molecule is CN1C(C)(C)CCC(O[P+](=O)O)C1(C)C. The van der Waals surface area contributed by atoms with Gasteiger partial charge < -0.3 is 0 Å². The molecule has 1 saturated heterocycles. The highest BCUT2D eigenvalue weighted by molar-refractivity contribution is 7.32. The molecule has 4 nitrogen and oxygen atoms in total. The fourth-order valence-electron chi connectivity index (χ4n) is 2.29. The summed E-state index contributed by atoms with van der Waals surface area (Å²) in [5.74, 6) is 0. The summed E-state index contributed by atoms with van der Waals surface area (Å²) in [6.07, 6.45) is 1.62. The topological polar surface area (TPSA) is 49.8 Å². The second-order valence-electron chi connectivity index (χ2n) is 5.40. The summed E-state index contributed by atoms with van der Waals surface area (Å²) in [4.78, 5) is 11.1. The van der Waals surface area contributed by atoms with E-state index >= 15 is 0 Å². The second-order valence-corrected chi connectivity index (χ2v) is 6.08. The Morgan fingerprint density at radius 1 is 1.40 bits per heavy atom. The molecule has 0 aromatic rings. The standard InChI is InChI=1S/C10H20NO3P/c1-9(2)7-6-8(14-15(12)13)10(3,4)11(9)5/h8H,6-7H2,1-5H3/p+1. The Balaban J connectivity index is 2.84. The first-order valence-corrected chi connectivity index (χ1v) is 6.38. The van der Waals surface area contributed by atoms with E-state index in [9.17, 15) is 4.57 Å². The minimum atomic E-state index is -2.51. The molecule has 88 valence electrons. The summed E-state index contributed by atoms with van der Waals surface area (Å²) in [6.45, 7) is 8.47. The van der Waals surface area contributed by atoms with Gasteiger partial charge in [-0.15, -0.1) is 9.42 Å². The molecule has 0 aromatic carbocycles. The van der Waals surface area contributed by atoms with Crippen LogP contribution in [-0.4, -0.2) is 34.0 Å². The van der Waals surface area contributed by atoms with Crippen LogP contribution in [0.3, 0.4) is 0 Å². The molecule has 1 aliphatic heterocycles. The minimum absolute atomic E-state index is 0.116. The normalized spacial score (nSPS) is 31.3. The van der Waals surface area contributed by atoms with Gasteiger partial charge in [0.25, 0.3) is 0 Å². The zero-order valence-electron chi connectivity index (χ0n) is 10.1. The largest absolute Gasteiger partial charge is 0.695 e. The van der Waals surface area contributed by atoms with E-state index in [2.05, 4.69) is 32.6 Å². The van der Waals surface area contributed by atoms with Gasteiger partial charge in [-0.05, 0) is 47.6 Å². The Labute approximate surface area is 92.6 Å². The first-order valence-electron chi connectivity index (χ1n) is 5.25. The Kier molecular flexibility index (Phi) is 3.56. The number of hydrogen-bond acceptors (Lipinski definition) is 3. The van der Waals surface area contributed by atoms with Crippen LogP contribution < -0.4 is 0 Å². The van der Waals surface area contributed by atoms with E-state index in [1.54, 1.807) is 0 Å². The summed E-state index contributed by atoms with van der Waals surface area (Å²) in [5, 5.41) is 0. The fraction of sp³-hybridized carbons (Fsp3) is 1.00. The summed E-state index contributed by atoms with van der Waals surface area (Å²) in [7, 11) is -0.467. The molecule has 0 spiro atoms. The number of rotatable bonds is 2. The van der Waals surface area contributed by atoms with E-state index in [0.717, 1.165) is 12.8 Å². The van der Waals surface area contributed by atoms with Crippen LogP contribution in [-0.2, 0) is 9.09 Å². The third-order valence-corrected chi connectivity index (χ3v) is 4.23. The molecule has 1 aliphatic rings. The highest BCUT2D eigenvalue weighted by Gasteiger charge is 2.48. The predicted molar refractivity (Wildman–Crippen MR) is 59.9 cm³/mol. The smallest absolute Gasteiger partial charge is 0.293 e. The Morgan fingerprint density at radius 2 is 1.93 bits per heavy atom. The molecule has 0 aromatic heterocycles. The van der Waals surface area contributed by atoms with Gasteiger partial charge in [0.1, 0.15) is 6.10 Å². The van der Waals surface area contributed by atoms with Crippen molar-refractivity contribution in [1.82, 2.24) is 4.90 Å². The summed E-state index contributed by atoms with van der Waals surface area (Å²) in [6, 6.07) is 0. The van der Waals surface area contributed by atoms with Crippen LogP contribution >= 0.6 is 8.25 Å². The van der Waals surface area contributed by atoms with E-state index in [1.165, 1.54) is 0 Å². The molecule has 1 fully saturated rings. The molecule has 1 N–H and O–H groups in total. The van der Waals surface area contributed by atoms with Gasteiger partial charge >= 0.3 is 8.25 Å². The van der Waals surface area contributed by atoms with Crippen molar-refractivity contribution in [2.24, 2.45) is 0 Å². The van der Waals surface area contributed by atoms with Crippen LogP contribution in [0, 0.1) is 0 Å². The predicted octanol–water partition coefficient (Wildman–Crippen LogP) is 2.30. The number of likely N-dealkylation sites (tertiary alicyclic amines) is 1. The van der Waals surface area contributed by atoms with Crippen molar-refractivity contribution >= 4 is 8.25 Å². The first kappa shape index (κ1) is 13.0. The molecule has 2 atom stereocenters. The van der Waals surface area contributed by atoms with Gasteiger partial charge in [0, 0.05) is 15.6 Å². The van der Waals surface area contributed by atoms with E-state index < -0.39 is 8.25 Å². The van der Waals surface area contributed by atoms with Crippen molar-refractivity contribution in [3.05, 3.63) is 0 Å². The lowest BCUT2D eigenvalue weighted by molar-refractivity contribution is -0.0788. The molecule has 0 aliphatic carbocycles. The molecular formula is C10H21NO3P+. The average molecular weight is 234 g/mol. The summed E-state index contributed by atoms with van der Waals surface area (Å²) >= 11 is 0. The fourth-order valence-corrected chi connectivity index (χ4v) is 2.87. The van der Waals surface area contributed by atoms with Crippen molar-refractivity contribution < 1.29 is 14.0 Å². The Hall–Kier alpha value is -0.0200. The first-order chi connectivity index (χ1) is 6.68. The second kappa shape index (κ2) is 4.10. The van der Waals surface area contributed by atoms with E-state index in [-0.39, 0.29) is 17.2 Å². The van der Waals surface area contributed by atoms with E-state index in [0.29, 0.717) is 0 Å². The monoisotopic (exact) mass is 234 g/mol. The van der Waals surface area contributed by atoms with E-state index in [1.807, 2.05) is 7.05 Å². The number of piperidine rings is 1. The van der Waals surface area contributed by atoms with Crippen molar-refractivity contribution in [3.8, 4) is 0 Å². The molecular weight excluding hydrogens is 213 g/mol. The van der Waals surface area contributed by atoms with Gasteiger partial charge in [-0.2, -0.15) is 0 Å². The van der Waals surface area contributed by atoms with Crippen molar-refractivity contribution in [1.29, 1.82) is 0 Å². The maximum Gasteiger partial charge on any atom is 0.695 e. The third kappa shape index (κ3) is 2.56.